The number of aryl methyl sites for hydroxylation is 2. The molecule has 3 aromatic rings. The molecule has 0 atom stereocenters. The van der Waals surface area contributed by atoms with Gasteiger partial charge in [-0.3, -0.25) is 14.6 Å². The van der Waals surface area contributed by atoms with Gasteiger partial charge in [0.2, 0.25) is 5.91 Å². The fourth-order valence-electron chi connectivity index (χ4n) is 3.66. The van der Waals surface area contributed by atoms with Crippen molar-refractivity contribution in [2.45, 2.75) is 27.2 Å². The van der Waals surface area contributed by atoms with Gasteiger partial charge in [-0.25, -0.2) is 4.99 Å². The lowest BCUT2D eigenvalue weighted by Gasteiger charge is -2.09. The quantitative estimate of drug-likeness (QED) is 0.407. The molecule has 178 valence electrons. The van der Waals surface area contributed by atoms with Crippen molar-refractivity contribution in [3.63, 3.8) is 0 Å². The number of fused-ring (bicyclic) bond motifs is 1. The Morgan fingerprint density at radius 2 is 1.66 bits per heavy atom. The van der Waals surface area contributed by atoms with E-state index < -0.39 is 0 Å². The van der Waals surface area contributed by atoms with Crippen LogP contribution in [0.2, 0.25) is 0 Å². The van der Waals surface area contributed by atoms with E-state index >= 15 is 0 Å². The van der Waals surface area contributed by atoms with E-state index in [0.29, 0.717) is 17.7 Å². The van der Waals surface area contributed by atoms with Gasteiger partial charge in [-0.05, 0) is 86.0 Å². The lowest BCUT2D eigenvalue weighted by atomic mass is 10.1. The van der Waals surface area contributed by atoms with Crippen LogP contribution in [0.1, 0.15) is 40.4 Å². The summed E-state index contributed by atoms with van der Waals surface area (Å²) < 4.78 is 5.29. The van der Waals surface area contributed by atoms with Gasteiger partial charge in [-0.2, -0.15) is 0 Å². The highest BCUT2D eigenvalue weighted by Crippen LogP contribution is 2.36. The standard InChI is InChI=1S/C28H27N3O3S/c1-17-12-25-26(13-18(17)2)31-28(15-24(30-25)20-8-10-23(34-4)11-9-20)35-16-27(33)29-22-7-5-6-21(14-22)19(3)32/h5-14H,15-16H2,1-4H3,(H,29,33). The summed E-state index contributed by atoms with van der Waals surface area (Å²) in [5.74, 6) is 0.770. The molecule has 3 aromatic carbocycles. The van der Waals surface area contributed by atoms with Crippen LogP contribution in [0.4, 0.5) is 17.1 Å². The average Bonchev–Trinajstić information content (AvgIpc) is 3.02. The van der Waals surface area contributed by atoms with Crippen molar-refractivity contribution in [3.8, 4) is 5.75 Å². The highest BCUT2D eigenvalue weighted by molar-refractivity contribution is 8.14. The minimum absolute atomic E-state index is 0.0437. The van der Waals surface area contributed by atoms with Crippen molar-refractivity contribution in [2.24, 2.45) is 9.98 Å². The number of rotatable bonds is 6. The van der Waals surface area contributed by atoms with Gasteiger partial charge in [0.25, 0.3) is 0 Å². The Hall–Kier alpha value is -3.71. The van der Waals surface area contributed by atoms with Crippen molar-refractivity contribution >= 4 is 51.3 Å². The molecule has 0 aromatic heterocycles. The summed E-state index contributed by atoms with van der Waals surface area (Å²) in [4.78, 5) is 34.1. The third-order valence-electron chi connectivity index (χ3n) is 5.76. The second-order valence-corrected chi connectivity index (χ2v) is 9.42. The Morgan fingerprint density at radius 3 is 2.31 bits per heavy atom. The summed E-state index contributed by atoms with van der Waals surface area (Å²) in [6.45, 7) is 5.62. The van der Waals surface area contributed by atoms with Crippen LogP contribution in [0.5, 0.6) is 5.75 Å². The zero-order valence-electron chi connectivity index (χ0n) is 20.2. The molecule has 6 nitrogen and oxygen atoms in total. The van der Waals surface area contributed by atoms with Crippen LogP contribution >= 0.6 is 11.8 Å². The number of aliphatic imine (C=N–C) groups is 2. The minimum atomic E-state index is -0.161. The van der Waals surface area contributed by atoms with E-state index in [1.165, 1.54) is 18.7 Å². The van der Waals surface area contributed by atoms with Crippen LogP contribution in [0.3, 0.4) is 0 Å². The number of ketones is 1. The van der Waals surface area contributed by atoms with Gasteiger partial charge >= 0.3 is 0 Å². The van der Waals surface area contributed by atoms with E-state index in [2.05, 4.69) is 25.2 Å². The van der Waals surface area contributed by atoms with Crippen LogP contribution in [0.15, 0.2) is 70.6 Å². The topological polar surface area (TPSA) is 80.1 Å². The number of amides is 1. The first-order chi connectivity index (χ1) is 16.8. The highest BCUT2D eigenvalue weighted by Gasteiger charge is 2.18. The number of nitrogens with zero attached hydrogens (tertiary/aromatic N) is 2. The Kier molecular flexibility index (Phi) is 7.46. The molecule has 1 heterocycles. The predicted octanol–water partition coefficient (Wildman–Crippen LogP) is 6.44. The van der Waals surface area contributed by atoms with E-state index in [1.807, 2.05) is 30.3 Å². The maximum atomic E-state index is 12.7. The van der Waals surface area contributed by atoms with Crippen LogP contribution in [-0.4, -0.2) is 35.3 Å². The number of benzene rings is 3. The number of anilines is 1. The zero-order chi connectivity index (χ0) is 24.9. The molecule has 0 fully saturated rings. The zero-order valence-corrected chi connectivity index (χ0v) is 21.0. The molecular weight excluding hydrogens is 458 g/mol. The number of carbonyl (C=O) groups is 2. The first kappa shape index (κ1) is 24.4. The molecule has 0 saturated carbocycles. The minimum Gasteiger partial charge on any atom is -0.497 e. The second-order valence-electron chi connectivity index (χ2n) is 8.37. The van der Waals surface area contributed by atoms with Crippen LogP contribution in [0, 0.1) is 13.8 Å². The molecule has 0 bridgehead atoms. The number of carbonyl (C=O) groups excluding carboxylic acids is 2. The van der Waals surface area contributed by atoms with Gasteiger partial charge in [0.05, 0.1) is 35.0 Å². The van der Waals surface area contributed by atoms with Crippen molar-refractivity contribution in [2.75, 3.05) is 18.2 Å². The van der Waals surface area contributed by atoms with E-state index in [9.17, 15) is 9.59 Å². The normalized spacial score (nSPS) is 12.7. The number of hydrogen-bond donors (Lipinski definition) is 1. The van der Waals surface area contributed by atoms with Crippen molar-refractivity contribution in [1.29, 1.82) is 0 Å². The highest BCUT2D eigenvalue weighted by atomic mass is 32.2. The maximum Gasteiger partial charge on any atom is 0.234 e. The van der Waals surface area contributed by atoms with Crippen molar-refractivity contribution < 1.29 is 14.3 Å². The molecule has 0 saturated heterocycles. The molecule has 0 radical (unpaired) electrons. The molecule has 1 amide bonds. The molecule has 4 rings (SSSR count). The molecular formula is C28H27N3O3S. The van der Waals surface area contributed by atoms with E-state index in [0.717, 1.165) is 44.6 Å². The Bertz CT molecular complexity index is 1340. The van der Waals surface area contributed by atoms with Crippen molar-refractivity contribution in [1.82, 2.24) is 0 Å². The summed E-state index contributed by atoms with van der Waals surface area (Å²) >= 11 is 1.39. The van der Waals surface area contributed by atoms with Crippen LogP contribution in [0.25, 0.3) is 0 Å². The second kappa shape index (κ2) is 10.7. The van der Waals surface area contributed by atoms with E-state index in [-0.39, 0.29) is 17.4 Å². The number of hydrogen-bond acceptors (Lipinski definition) is 6. The van der Waals surface area contributed by atoms with Crippen LogP contribution in [-0.2, 0) is 4.79 Å². The number of thioether (sulfide) groups is 1. The number of ether oxygens (including phenoxy) is 1. The maximum absolute atomic E-state index is 12.7. The van der Waals surface area contributed by atoms with Gasteiger partial charge in [0.15, 0.2) is 5.78 Å². The summed E-state index contributed by atoms with van der Waals surface area (Å²) in [6.07, 6.45) is 0.511. The number of nitrogens with one attached hydrogen (secondary N) is 1. The molecule has 0 spiro atoms. The SMILES string of the molecule is COc1ccc(C2=Nc3cc(C)c(C)cc3N=C(SCC(=O)Nc3cccc(C(C)=O)c3)C2)cc1. The lowest BCUT2D eigenvalue weighted by Crippen LogP contribution is -2.16. The summed E-state index contributed by atoms with van der Waals surface area (Å²) in [5, 5.41) is 3.69. The molecule has 1 aliphatic heterocycles. The average molecular weight is 486 g/mol. The third-order valence-corrected chi connectivity index (χ3v) is 6.73. The predicted molar refractivity (Wildman–Crippen MR) is 144 cm³/mol. The van der Waals surface area contributed by atoms with Gasteiger partial charge < -0.3 is 10.1 Å². The Labute approximate surface area is 209 Å². The summed E-state index contributed by atoms with van der Waals surface area (Å²) in [5.41, 5.74) is 6.94. The fourth-order valence-corrected chi connectivity index (χ4v) is 4.43. The lowest BCUT2D eigenvalue weighted by molar-refractivity contribution is -0.113. The Morgan fingerprint density at radius 1 is 0.971 bits per heavy atom. The fraction of sp³-hybridized carbons (Fsp3) is 0.214. The van der Waals surface area contributed by atoms with Gasteiger partial charge in [0.1, 0.15) is 5.75 Å². The monoisotopic (exact) mass is 485 g/mol. The van der Waals surface area contributed by atoms with E-state index in [1.54, 1.807) is 31.4 Å². The molecule has 35 heavy (non-hydrogen) atoms. The van der Waals surface area contributed by atoms with Gasteiger partial charge in [0, 0.05) is 17.7 Å². The smallest absolute Gasteiger partial charge is 0.234 e. The largest absolute Gasteiger partial charge is 0.497 e. The molecule has 1 aliphatic rings. The van der Waals surface area contributed by atoms with Crippen molar-refractivity contribution in [3.05, 3.63) is 82.9 Å². The summed E-state index contributed by atoms with van der Waals surface area (Å²) in [7, 11) is 1.64. The number of methoxy groups -OCH3 is 1. The van der Waals surface area contributed by atoms with Gasteiger partial charge in [-0.15, -0.1) is 11.8 Å². The first-order valence-corrected chi connectivity index (χ1v) is 12.3. The Balaban J connectivity index is 1.56. The molecule has 0 unspecified atom stereocenters. The first-order valence-electron chi connectivity index (χ1n) is 11.3. The van der Waals surface area contributed by atoms with Gasteiger partial charge in [-0.1, -0.05) is 12.1 Å². The molecule has 1 N–H and O–H groups in total. The van der Waals surface area contributed by atoms with E-state index in [4.69, 9.17) is 14.7 Å². The number of Topliss-reactive ketones (excluding diaryl/α,β-unsaturated/α-hetero) is 1. The molecule has 7 heteroatoms. The summed E-state index contributed by atoms with van der Waals surface area (Å²) in [6, 6.07) is 18.8. The third kappa shape index (κ3) is 6.05. The molecule has 0 aliphatic carbocycles. The van der Waals surface area contributed by atoms with Crippen LogP contribution < -0.4 is 10.1 Å².